The molecular formula is C19H23N5O4S. The Kier molecular flexibility index (Phi) is 7.54. The second-order valence-corrected chi connectivity index (χ2v) is 7.20. The number of amides is 3. The maximum absolute atomic E-state index is 12.0. The Morgan fingerprint density at radius 3 is 2.55 bits per heavy atom. The van der Waals surface area contributed by atoms with E-state index in [1.165, 1.54) is 11.3 Å². The number of hydrazine groups is 1. The van der Waals surface area contributed by atoms with E-state index in [1.807, 2.05) is 11.4 Å². The van der Waals surface area contributed by atoms with E-state index in [0.717, 1.165) is 18.2 Å². The number of morpholine rings is 1. The Morgan fingerprint density at radius 2 is 1.79 bits per heavy atom. The summed E-state index contributed by atoms with van der Waals surface area (Å²) in [6.45, 7) is 3.09. The number of benzene rings is 1. The fourth-order valence-electron chi connectivity index (χ4n) is 2.67. The number of carbonyl (C=O) groups is 3. The second kappa shape index (κ2) is 10.5. The van der Waals surface area contributed by atoms with Crippen molar-refractivity contribution in [1.82, 2.24) is 21.2 Å². The molecule has 1 saturated heterocycles. The number of hydrogen-bond donors (Lipinski definition) is 3. The van der Waals surface area contributed by atoms with Crippen molar-refractivity contribution in [2.24, 2.45) is 0 Å². The summed E-state index contributed by atoms with van der Waals surface area (Å²) in [5.74, 6) is -0.994. The molecule has 1 aliphatic heterocycles. The molecule has 29 heavy (non-hydrogen) atoms. The zero-order valence-electron chi connectivity index (χ0n) is 15.8. The van der Waals surface area contributed by atoms with Gasteiger partial charge in [-0.1, -0.05) is 18.2 Å². The number of nitrogens with one attached hydrogen (secondary N) is 3. The van der Waals surface area contributed by atoms with Gasteiger partial charge in [0.25, 0.3) is 5.91 Å². The average Bonchev–Trinajstić information content (AvgIpc) is 3.22. The molecule has 3 N–H and O–H groups in total. The van der Waals surface area contributed by atoms with Gasteiger partial charge < -0.3 is 15.0 Å². The van der Waals surface area contributed by atoms with E-state index in [2.05, 4.69) is 26.1 Å². The lowest BCUT2D eigenvalue weighted by Gasteiger charge is -2.26. The van der Waals surface area contributed by atoms with Crippen molar-refractivity contribution in [2.45, 2.75) is 12.8 Å². The van der Waals surface area contributed by atoms with Gasteiger partial charge in [-0.05, 0) is 12.1 Å². The Morgan fingerprint density at radius 1 is 1.07 bits per heavy atom. The summed E-state index contributed by atoms with van der Waals surface area (Å²) in [5, 5.41) is 5.36. The van der Waals surface area contributed by atoms with Crippen LogP contribution in [0.4, 0.5) is 5.13 Å². The van der Waals surface area contributed by atoms with E-state index in [0.29, 0.717) is 24.5 Å². The van der Waals surface area contributed by atoms with E-state index >= 15 is 0 Å². The summed E-state index contributed by atoms with van der Waals surface area (Å²) in [6, 6.07) is 8.74. The van der Waals surface area contributed by atoms with Gasteiger partial charge >= 0.3 is 0 Å². The molecule has 10 heteroatoms. The molecule has 2 aromatic rings. The van der Waals surface area contributed by atoms with Crippen molar-refractivity contribution < 1.29 is 19.1 Å². The summed E-state index contributed by atoms with van der Waals surface area (Å²) >= 11 is 1.49. The monoisotopic (exact) mass is 417 g/mol. The van der Waals surface area contributed by atoms with Gasteiger partial charge in [-0.25, -0.2) is 4.98 Å². The van der Waals surface area contributed by atoms with Crippen LogP contribution in [-0.2, 0) is 20.7 Å². The van der Waals surface area contributed by atoms with Crippen LogP contribution in [0.5, 0.6) is 0 Å². The summed E-state index contributed by atoms with van der Waals surface area (Å²) in [6.07, 6.45) is 0.128. The smallest absolute Gasteiger partial charge is 0.251 e. The Balaban J connectivity index is 1.33. The maximum atomic E-state index is 12.0. The molecule has 0 spiro atoms. The van der Waals surface area contributed by atoms with Crippen molar-refractivity contribution in [2.75, 3.05) is 37.7 Å². The molecule has 3 amide bonds. The molecule has 1 fully saturated rings. The predicted molar refractivity (Wildman–Crippen MR) is 109 cm³/mol. The Hall–Kier alpha value is -2.98. The zero-order chi connectivity index (χ0) is 20.5. The third-order valence-electron chi connectivity index (χ3n) is 4.18. The van der Waals surface area contributed by atoms with Crippen LogP contribution in [0, 0.1) is 0 Å². The summed E-state index contributed by atoms with van der Waals surface area (Å²) in [7, 11) is 0. The first kappa shape index (κ1) is 20.7. The minimum atomic E-state index is -0.390. The molecule has 1 aromatic heterocycles. The Bertz CT molecular complexity index is 836. The number of carbonyl (C=O) groups excluding carboxylic acids is 3. The molecule has 0 unspecified atom stereocenters. The highest BCUT2D eigenvalue weighted by molar-refractivity contribution is 7.13. The van der Waals surface area contributed by atoms with Gasteiger partial charge in [0, 0.05) is 37.0 Å². The number of thiazole rings is 1. The van der Waals surface area contributed by atoms with Crippen LogP contribution in [0.25, 0.3) is 0 Å². The molecule has 0 radical (unpaired) electrons. The molecule has 1 aliphatic rings. The topological polar surface area (TPSA) is 113 Å². The number of nitrogens with zero attached hydrogens (tertiary/aromatic N) is 2. The first-order valence-corrected chi connectivity index (χ1v) is 10.2. The first-order chi connectivity index (χ1) is 14.1. The third-order valence-corrected chi connectivity index (χ3v) is 5.13. The van der Waals surface area contributed by atoms with Gasteiger partial charge in [-0.3, -0.25) is 25.2 Å². The molecule has 0 bridgehead atoms. The van der Waals surface area contributed by atoms with E-state index in [4.69, 9.17) is 4.74 Å². The highest BCUT2D eigenvalue weighted by atomic mass is 32.1. The summed E-state index contributed by atoms with van der Waals surface area (Å²) in [5.41, 5.74) is 5.89. The van der Waals surface area contributed by atoms with Crippen LogP contribution in [0.3, 0.4) is 0 Å². The number of aromatic nitrogens is 1. The highest BCUT2D eigenvalue weighted by Crippen LogP contribution is 2.21. The van der Waals surface area contributed by atoms with Gasteiger partial charge in [0.15, 0.2) is 5.13 Å². The first-order valence-electron chi connectivity index (χ1n) is 9.30. The SMILES string of the molecule is O=C(CCNC(=O)c1ccccc1)NNC(=O)Cc1csc(N2CCOCC2)n1. The highest BCUT2D eigenvalue weighted by Gasteiger charge is 2.16. The van der Waals surface area contributed by atoms with E-state index < -0.39 is 0 Å². The van der Waals surface area contributed by atoms with Crippen molar-refractivity contribution in [3.8, 4) is 0 Å². The minimum Gasteiger partial charge on any atom is -0.378 e. The molecule has 2 heterocycles. The van der Waals surface area contributed by atoms with Gasteiger partial charge in [0.1, 0.15) is 0 Å². The quantitative estimate of drug-likeness (QED) is 0.565. The van der Waals surface area contributed by atoms with Crippen molar-refractivity contribution in [3.63, 3.8) is 0 Å². The predicted octanol–water partition coefficient (Wildman–Crippen LogP) is 0.490. The standard InChI is InChI=1S/C19H23N5O4S/c25-16(6-7-20-18(27)14-4-2-1-3-5-14)22-23-17(26)12-15-13-29-19(21-15)24-8-10-28-11-9-24/h1-5,13H,6-12H2,(H,20,27)(H,22,25)(H,23,26). The van der Waals surface area contributed by atoms with Crippen molar-refractivity contribution in [3.05, 3.63) is 47.0 Å². The van der Waals surface area contributed by atoms with Crippen LogP contribution < -0.4 is 21.1 Å². The van der Waals surface area contributed by atoms with Crippen LogP contribution >= 0.6 is 11.3 Å². The largest absolute Gasteiger partial charge is 0.378 e. The Labute approximate surface area is 172 Å². The second-order valence-electron chi connectivity index (χ2n) is 6.37. The fraction of sp³-hybridized carbons (Fsp3) is 0.368. The molecule has 1 aromatic carbocycles. The van der Waals surface area contributed by atoms with Gasteiger partial charge in [-0.15, -0.1) is 11.3 Å². The molecule has 0 atom stereocenters. The maximum Gasteiger partial charge on any atom is 0.251 e. The van der Waals surface area contributed by atoms with Crippen molar-refractivity contribution >= 4 is 34.2 Å². The van der Waals surface area contributed by atoms with Gasteiger partial charge in [0.05, 0.1) is 25.3 Å². The van der Waals surface area contributed by atoms with Crippen LogP contribution in [-0.4, -0.2) is 55.6 Å². The molecule has 0 saturated carbocycles. The summed E-state index contributed by atoms with van der Waals surface area (Å²) in [4.78, 5) is 42.3. The van der Waals surface area contributed by atoms with Crippen LogP contribution in [0.1, 0.15) is 22.5 Å². The molecule has 0 aliphatic carbocycles. The number of anilines is 1. The van der Waals surface area contributed by atoms with Crippen molar-refractivity contribution in [1.29, 1.82) is 0 Å². The number of rotatable bonds is 7. The molecule has 3 rings (SSSR count). The van der Waals surface area contributed by atoms with Crippen LogP contribution in [0.2, 0.25) is 0 Å². The summed E-state index contributed by atoms with van der Waals surface area (Å²) < 4.78 is 5.32. The number of ether oxygens (including phenoxy) is 1. The molecular weight excluding hydrogens is 394 g/mol. The van der Waals surface area contributed by atoms with Gasteiger partial charge in [-0.2, -0.15) is 0 Å². The van der Waals surface area contributed by atoms with E-state index in [9.17, 15) is 14.4 Å². The van der Waals surface area contributed by atoms with E-state index in [-0.39, 0.29) is 37.1 Å². The normalized spacial score (nSPS) is 13.6. The zero-order valence-corrected chi connectivity index (χ0v) is 16.7. The van der Waals surface area contributed by atoms with E-state index in [1.54, 1.807) is 24.3 Å². The molecule has 154 valence electrons. The average molecular weight is 417 g/mol. The number of hydrogen-bond acceptors (Lipinski definition) is 7. The molecule has 9 nitrogen and oxygen atoms in total. The van der Waals surface area contributed by atoms with Gasteiger partial charge in [0.2, 0.25) is 11.8 Å². The van der Waals surface area contributed by atoms with Crippen LogP contribution in [0.15, 0.2) is 35.7 Å². The lowest BCUT2D eigenvalue weighted by molar-refractivity contribution is -0.128. The fourth-order valence-corrected chi connectivity index (χ4v) is 3.55. The minimum absolute atomic E-state index is 0.0523. The lowest BCUT2D eigenvalue weighted by atomic mass is 10.2. The third kappa shape index (κ3) is 6.54. The lowest BCUT2D eigenvalue weighted by Crippen LogP contribution is -2.43.